The predicted molar refractivity (Wildman–Crippen MR) is 379 cm³/mol. The average molecular weight is 1320 g/mol. The lowest BCUT2D eigenvalue weighted by atomic mass is 9.80. The molecule has 3 atom stereocenters. The number of aromatic amines is 3. The second-order valence-electron chi connectivity index (χ2n) is 27.8. The SMILES string of the molecule is CC1CCN(c2n[nH]c3nc(N4CCC(C)(CN)CC4)cnc23)c2ccc(C#N)cc21.CSF.C[C@@H]1CCN(c2n[nH]c3nc(N4CCC(C)(CN)CC4)cnc23)c2ccc(C#N)cc21.C[C@H]1CCN(c2n[nH]c3nc(N4CCC(C)(CN)CC4)cnc23)c2ccc(C#N)cc21. The summed E-state index contributed by atoms with van der Waals surface area (Å²) in [6, 6.07) is 24.4. The number of hydrogen-bond donors (Lipinski definition) is 6. The van der Waals surface area contributed by atoms with Crippen molar-refractivity contribution in [2.45, 2.75) is 117 Å². The summed E-state index contributed by atoms with van der Waals surface area (Å²) in [6.07, 6.45) is 16.3. The van der Waals surface area contributed by atoms with Crippen molar-refractivity contribution in [2.24, 2.45) is 33.4 Å². The van der Waals surface area contributed by atoms with Crippen molar-refractivity contribution in [3.63, 3.8) is 0 Å². The molecule has 6 aromatic heterocycles. The topological polar surface area (TPSA) is 332 Å². The van der Waals surface area contributed by atoms with E-state index in [2.05, 4.69) is 120 Å². The first-order valence-electron chi connectivity index (χ1n) is 33.5. The molecule has 6 aliphatic rings. The van der Waals surface area contributed by atoms with E-state index < -0.39 is 0 Å². The van der Waals surface area contributed by atoms with Crippen LogP contribution in [0.15, 0.2) is 73.2 Å². The van der Waals surface area contributed by atoms with E-state index in [-0.39, 0.29) is 28.4 Å². The van der Waals surface area contributed by atoms with Crippen LogP contribution in [0.3, 0.4) is 0 Å². The highest BCUT2D eigenvalue weighted by atomic mass is 32.2. The smallest absolute Gasteiger partial charge is 0.183 e. The van der Waals surface area contributed by atoms with Crippen LogP contribution in [-0.2, 0) is 0 Å². The van der Waals surface area contributed by atoms with Gasteiger partial charge in [-0.2, -0.15) is 35.0 Å². The molecule has 500 valence electrons. The van der Waals surface area contributed by atoms with Gasteiger partial charge in [-0.25, -0.2) is 29.9 Å². The fraction of sp³-hybridized carbons (Fsp3) is 0.486. The zero-order valence-electron chi connectivity index (χ0n) is 56.1. The third-order valence-electron chi connectivity index (χ3n) is 21.1. The molecule has 9 N–H and O–H groups in total. The highest BCUT2D eigenvalue weighted by Gasteiger charge is 2.35. The average Bonchev–Trinajstić information content (AvgIpc) is 1.58. The molecule has 0 radical (unpaired) electrons. The minimum Gasteiger partial charge on any atom is -0.355 e. The number of nitrogens with one attached hydrogen (secondary N) is 3. The van der Waals surface area contributed by atoms with Crippen molar-refractivity contribution in [3.8, 4) is 18.2 Å². The minimum atomic E-state index is 0.222. The number of halogens is 1. The predicted octanol–water partition coefficient (Wildman–Crippen LogP) is 11.5. The van der Waals surface area contributed by atoms with Crippen LogP contribution < -0.4 is 46.6 Å². The van der Waals surface area contributed by atoms with Crippen molar-refractivity contribution >= 4 is 97.6 Å². The first kappa shape index (κ1) is 66.7. The Hall–Kier alpha value is -9.26. The third-order valence-corrected chi connectivity index (χ3v) is 21.1. The second-order valence-corrected chi connectivity index (χ2v) is 28.1. The molecule has 1 unspecified atom stereocenters. The molecule has 0 amide bonds. The fourth-order valence-corrected chi connectivity index (χ4v) is 14.1. The van der Waals surface area contributed by atoms with Crippen LogP contribution >= 0.6 is 12.1 Å². The lowest BCUT2D eigenvalue weighted by Crippen LogP contribution is -2.42. The monoisotopic (exact) mass is 1310 g/mol. The Morgan fingerprint density at radius 2 is 0.729 bits per heavy atom. The van der Waals surface area contributed by atoms with Crippen molar-refractivity contribution in [1.29, 1.82) is 15.8 Å². The highest BCUT2D eigenvalue weighted by molar-refractivity contribution is 7.93. The van der Waals surface area contributed by atoms with Crippen LogP contribution in [0.1, 0.15) is 150 Å². The fourth-order valence-electron chi connectivity index (χ4n) is 14.1. The zero-order chi connectivity index (χ0) is 67.5. The van der Waals surface area contributed by atoms with Gasteiger partial charge in [-0.1, -0.05) is 41.5 Å². The van der Waals surface area contributed by atoms with Crippen molar-refractivity contribution in [1.82, 2.24) is 60.5 Å². The van der Waals surface area contributed by atoms with Gasteiger partial charge < -0.3 is 46.6 Å². The maximum absolute atomic E-state index is 10.2. The van der Waals surface area contributed by atoms with Crippen molar-refractivity contribution in [3.05, 3.63) is 107 Å². The van der Waals surface area contributed by atoms with Crippen LogP contribution in [-0.4, -0.2) is 145 Å². The molecule has 12 heterocycles. The number of aromatic nitrogens is 12. The van der Waals surface area contributed by atoms with E-state index in [1.807, 2.05) is 73.2 Å². The standard InChI is InChI=1S/3C23H28N8.CH3FS/c3*1-15-5-8-31(18-4-3-16(12-24)11-17(15)18)22-20-21(28-29-22)27-19(13-26-20)30-9-6-23(2,14-25)7-10-30;1-3-2/h3*3-4,11,13,15H,5-10,14,25H2,1-2H3,(H,27,28,29);1H3/t2*15-;;/m10../s1. The maximum Gasteiger partial charge on any atom is 0.183 e. The van der Waals surface area contributed by atoms with Gasteiger partial charge in [0.25, 0.3) is 0 Å². The molecule has 3 saturated heterocycles. The van der Waals surface area contributed by atoms with Gasteiger partial charge in [0.05, 0.1) is 53.5 Å². The van der Waals surface area contributed by atoms with E-state index in [0.717, 1.165) is 205 Å². The van der Waals surface area contributed by atoms with E-state index in [4.69, 9.17) is 47.1 Å². The summed E-state index contributed by atoms with van der Waals surface area (Å²) in [4.78, 5) is 42.2. The Morgan fingerprint density at radius 1 is 0.469 bits per heavy atom. The van der Waals surface area contributed by atoms with Crippen molar-refractivity contribution < 1.29 is 3.89 Å². The summed E-state index contributed by atoms with van der Waals surface area (Å²) in [7, 11) is 0. The molecule has 0 bridgehead atoms. The summed E-state index contributed by atoms with van der Waals surface area (Å²) in [6.45, 7) is 23.8. The van der Waals surface area contributed by atoms with Crippen LogP contribution in [0.25, 0.3) is 33.5 Å². The summed E-state index contributed by atoms with van der Waals surface area (Å²) in [5, 5.41) is 50.9. The Kier molecular flexibility index (Phi) is 19.6. The van der Waals surface area contributed by atoms with Gasteiger partial charge in [0, 0.05) is 94.4 Å². The van der Waals surface area contributed by atoms with Gasteiger partial charge >= 0.3 is 0 Å². The lowest BCUT2D eigenvalue weighted by Gasteiger charge is -2.39. The summed E-state index contributed by atoms with van der Waals surface area (Å²) >= 11 is 0.250. The van der Waals surface area contributed by atoms with E-state index >= 15 is 0 Å². The number of hydrogen-bond acceptors (Lipinski definition) is 22. The highest BCUT2D eigenvalue weighted by Crippen LogP contribution is 2.45. The first-order chi connectivity index (χ1) is 46.4. The molecule has 6 aliphatic heterocycles. The molecule has 0 spiro atoms. The van der Waals surface area contributed by atoms with Crippen LogP contribution in [0, 0.1) is 50.2 Å². The molecule has 3 aromatic carbocycles. The second kappa shape index (κ2) is 28.2. The maximum atomic E-state index is 10.2. The summed E-state index contributed by atoms with van der Waals surface area (Å²) in [5.41, 5.74) is 31.8. The summed E-state index contributed by atoms with van der Waals surface area (Å²) < 4.78 is 10.2. The number of anilines is 9. The van der Waals surface area contributed by atoms with Crippen LogP contribution in [0.2, 0.25) is 0 Å². The Morgan fingerprint density at radius 3 is 0.969 bits per heavy atom. The molecule has 26 heteroatoms. The number of nitrogens with two attached hydrogens (primary N) is 3. The molecule has 15 rings (SSSR count). The first-order valence-corrected chi connectivity index (χ1v) is 34.7. The molecule has 0 saturated carbocycles. The molecule has 0 aliphatic carbocycles. The quantitative estimate of drug-likeness (QED) is 0.0782. The summed E-state index contributed by atoms with van der Waals surface area (Å²) in [5.74, 6) is 6.24. The molecule has 3 fully saturated rings. The van der Waals surface area contributed by atoms with Gasteiger partial charge in [-0.05, 0) is 183 Å². The Bertz CT molecular complexity index is 3930. The van der Waals surface area contributed by atoms with Crippen LogP contribution in [0.4, 0.5) is 55.9 Å². The number of rotatable bonds is 9. The van der Waals surface area contributed by atoms with Gasteiger partial charge in [-0.3, -0.25) is 15.3 Å². The molecule has 9 aromatic rings. The normalized spacial score (nSPS) is 20.1. The number of nitrogens with zero attached hydrogens (tertiary/aromatic N) is 18. The number of nitriles is 3. The molecule has 96 heavy (non-hydrogen) atoms. The molecular weight excluding hydrogens is 1230 g/mol. The zero-order valence-corrected chi connectivity index (χ0v) is 56.9. The van der Waals surface area contributed by atoms with Crippen molar-refractivity contribution in [2.75, 3.05) is 114 Å². The van der Waals surface area contributed by atoms with E-state index in [1.54, 1.807) is 0 Å². The number of benzene rings is 3. The third kappa shape index (κ3) is 13.5. The lowest BCUT2D eigenvalue weighted by molar-refractivity contribution is 0.258. The van der Waals surface area contributed by atoms with Gasteiger partial charge in [0.2, 0.25) is 0 Å². The number of H-pyrrole nitrogens is 3. The number of piperidine rings is 3. The van der Waals surface area contributed by atoms with E-state index in [9.17, 15) is 19.7 Å². The Balaban J connectivity index is 0.000000135. The van der Waals surface area contributed by atoms with Gasteiger partial charge in [0.15, 0.2) is 50.9 Å². The van der Waals surface area contributed by atoms with Crippen LogP contribution in [0.5, 0.6) is 0 Å². The minimum absolute atomic E-state index is 0.222. The molecular formula is C70H87FN24S. The van der Waals surface area contributed by atoms with Gasteiger partial charge in [-0.15, -0.1) is 0 Å². The molecule has 24 nitrogen and oxygen atoms in total. The Labute approximate surface area is 564 Å². The number of fused-ring (bicyclic) bond motifs is 6. The van der Waals surface area contributed by atoms with E-state index in [0.29, 0.717) is 51.4 Å². The van der Waals surface area contributed by atoms with Gasteiger partial charge in [0.1, 0.15) is 17.5 Å². The van der Waals surface area contributed by atoms with E-state index in [1.165, 1.54) is 22.9 Å². The largest absolute Gasteiger partial charge is 0.355 e.